The zero-order valence-corrected chi connectivity index (χ0v) is 17.2. The molecule has 2 N–H and O–H groups in total. The Morgan fingerprint density at radius 2 is 1.77 bits per heavy atom. The summed E-state index contributed by atoms with van der Waals surface area (Å²) in [6.07, 6.45) is 4.52. The van der Waals surface area contributed by atoms with Crippen molar-refractivity contribution in [3.05, 3.63) is 78.3 Å². The van der Waals surface area contributed by atoms with Crippen LogP contribution in [-0.4, -0.2) is 27.5 Å². The molecule has 1 amide bonds. The Bertz CT molecular complexity index is 1190. The molecule has 2 heterocycles. The molecule has 31 heavy (non-hydrogen) atoms. The van der Waals surface area contributed by atoms with Crippen molar-refractivity contribution in [1.29, 1.82) is 0 Å². The summed E-state index contributed by atoms with van der Waals surface area (Å²) in [4.78, 5) is 12.3. The lowest BCUT2D eigenvalue weighted by Crippen LogP contribution is -2.23. The summed E-state index contributed by atoms with van der Waals surface area (Å²) in [5.41, 5.74) is 1.27. The van der Waals surface area contributed by atoms with E-state index in [4.69, 9.17) is 13.9 Å². The zero-order valence-electron chi connectivity index (χ0n) is 16.4. The average Bonchev–Trinajstić information content (AvgIpc) is 3.30. The van der Waals surface area contributed by atoms with Crippen molar-refractivity contribution in [2.45, 2.75) is 11.4 Å². The van der Waals surface area contributed by atoms with E-state index in [2.05, 4.69) is 10.0 Å². The Kier molecular flexibility index (Phi) is 6.06. The van der Waals surface area contributed by atoms with Crippen molar-refractivity contribution in [3.8, 4) is 11.5 Å². The van der Waals surface area contributed by atoms with Gasteiger partial charge in [-0.2, -0.15) is 0 Å². The van der Waals surface area contributed by atoms with Gasteiger partial charge in [-0.1, -0.05) is 6.07 Å². The van der Waals surface area contributed by atoms with E-state index in [9.17, 15) is 13.2 Å². The second kappa shape index (κ2) is 9.07. The summed E-state index contributed by atoms with van der Waals surface area (Å²) < 4.78 is 43.3. The molecule has 2 aromatic carbocycles. The number of hydrogen-bond acceptors (Lipinski definition) is 6. The molecule has 0 unspecified atom stereocenters. The fraction of sp³-hybridized carbons (Fsp3) is 0.136. The monoisotopic (exact) mass is 440 g/mol. The van der Waals surface area contributed by atoms with E-state index in [1.54, 1.807) is 30.3 Å². The fourth-order valence-corrected chi connectivity index (χ4v) is 3.89. The van der Waals surface area contributed by atoms with Crippen LogP contribution in [0.1, 0.15) is 11.3 Å². The van der Waals surface area contributed by atoms with E-state index in [0.717, 1.165) is 5.56 Å². The van der Waals surface area contributed by atoms with Gasteiger partial charge < -0.3 is 19.2 Å². The molecule has 1 aliphatic rings. The van der Waals surface area contributed by atoms with Gasteiger partial charge in [-0.05, 0) is 60.2 Å². The Hall–Kier alpha value is -3.56. The molecular formula is C22H20N2O6S. The lowest BCUT2D eigenvalue weighted by Gasteiger charge is -2.18. The second-order valence-corrected chi connectivity index (χ2v) is 8.42. The van der Waals surface area contributed by atoms with Crippen molar-refractivity contribution < 1.29 is 27.1 Å². The number of anilines is 1. The van der Waals surface area contributed by atoms with Gasteiger partial charge in [0.15, 0.2) is 11.5 Å². The minimum Gasteiger partial charge on any atom is -0.486 e. The van der Waals surface area contributed by atoms with Gasteiger partial charge in [0.2, 0.25) is 15.9 Å². The standard InChI is InChI=1S/C22H20N2O6S/c25-22(10-4-16-3-9-20-21(14-16)30-13-12-29-20)24-17-5-7-19(8-6-17)31(26,27)23-15-18-2-1-11-28-18/h1-11,14,23H,12-13,15H2,(H,24,25)/b10-4+. The van der Waals surface area contributed by atoms with E-state index in [1.165, 1.54) is 36.6 Å². The molecule has 160 valence electrons. The highest BCUT2D eigenvalue weighted by atomic mass is 32.2. The van der Waals surface area contributed by atoms with Crippen LogP contribution >= 0.6 is 0 Å². The van der Waals surface area contributed by atoms with E-state index >= 15 is 0 Å². The van der Waals surface area contributed by atoms with E-state index in [1.807, 2.05) is 6.07 Å². The minimum absolute atomic E-state index is 0.0540. The fourth-order valence-electron chi connectivity index (χ4n) is 2.90. The summed E-state index contributed by atoms with van der Waals surface area (Å²) in [6, 6.07) is 14.7. The summed E-state index contributed by atoms with van der Waals surface area (Å²) in [5, 5.41) is 2.70. The third-order valence-corrected chi connectivity index (χ3v) is 5.86. The lowest BCUT2D eigenvalue weighted by atomic mass is 10.2. The third-order valence-electron chi connectivity index (χ3n) is 4.44. The van der Waals surface area contributed by atoms with Crippen molar-refractivity contribution in [2.75, 3.05) is 18.5 Å². The van der Waals surface area contributed by atoms with Crippen molar-refractivity contribution in [3.63, 3.8) is 0 Å². The van der Waals surface area contributed by atoms with Crippen LogP contribution in [0.2, 0.25) is 0 Å². The normalized spacial score (nSPS) is 13.3. The van der Waals surface area contributed by atoms with Crippen LogP contribution in [0.25, 0.3) is 6.08 Å². The van der Waals surface area contributed by atoms with Crippen LogP contribution < -0.4 is 19.5 Å². The Balaban J connectivity index is 1.35. The number of fused-ring (bicyclic) bond motifs is 1. The molecular weight excluding hydrogens is 420 g/mol. The predicted molar refractivity (Wildman–Crippen MR) is 114 cm³/mol. The first-order chi connectivity index (χ1) is 15.0. The molecule has 4 rings (SSSR count). The molecule has 0 aliphatic carbocycles. The molecule has 9 heteroatoms. The largest absolute Gasteiger partial charge is 0.486 e. The summed E-state index contributed by atoms with van der Waals surface area (Å²) in [5.74, 6) is 1.49. The third kappa shape index (κ3) is 5.33. The Morgan fingerprint density at radius 1 is 1.00 bits per heavy atom. The van der Waals surface area contributed by atoms with Gasteiger partial charge in [-0.3, -0.25) is 4.79 Å². The molecule has 0 fully saturated rings. The number of hydrogen-bond donors (Lipinski definition) is 2. The molecule has 1 aliphatic heterocycles. The van der Waals surface area contributed by atoms with Crippen LogP contribution in [0.5, 0.6) is 11.5 Å². The topological polar surface area (TPSA) is 107 Å². The van der Waals surface area contributed by atoms with Gasteiger partial charge in [0.05, 0.1) is 17.7 Å². The summed E-state index contributed by atoms with van der Waals surface area (Å²) in [7, 11) is -3.69. The molecule has 3 aromatic rings. The van der Waals surface area contributed by atoms with Gasteiger partial charge in [-0.25, -0.2) is 13.1 Å². The number of rotatable bonds is 7. The van der Waals surface area contributed by atoms with Crippen molar-refractivity contribution >= 4 is 27.7 Å². The number of carbonyl (C=O) groups is 1. The quantitative estimate of drug-likeness (QED) is 0.547. The SMILES string of the molecule is O=C(/C=C/c1ccc2c(c1)OCCO2)Nc1ccc(S(=O)(=O)NCc2ccco2)cc1. The number of furan rings is 1. The predicted octanol–water partition coefficient (Wildman–Crippen LogP) is 3.18. The van der Waals surface area contributed by atoms with E-state index < -0.39 is 10.0 Å². The maximum Gasteiger partial charge on any atom is 0.248 e. The highest BCUT2D eigenvalue weighted by Gasteiger charge is 2.14. The first kappa shape index (κ1) is 20.7. The number of carbonyl (C=O) groups excluding carboxylic acids is 1. The molecule has 0 saturated carbocycles. The summed E-state index contributed by atoms with van der Waals surface area (Å²) >= 11 is 0. The summed E-state index contributed by atoms with van der Waals surface area (Å²) in [6.45, 7) is 1.06. The number of sulfonamides is 1. The second-order valence-electron chi connectivity index (χ2n) is 6.65. The molecule has 0 saturated heterocycles. The first-order valence-corrected chi connectivity index (χ1v) is 11.0. The van der Waals surface area contributed by atoms with E-state index in [0.29, 0.717) is 36.2 Å². The smallest absolute Gasteiger partial charge is 0.248 e. The van der Waals surface area contributed by atoms with Crippen LogP contribution in [0.15, 0.2) is 76.2 Å². The zero-order chi connectivity index (χ0) is 21.7. The minimum atomic E-state index is -3.69. The van der Waals surface area contributed by atoms with Crippen LogP contribution in [0.4, 0.5) is 5.69 Å². The van der Waals surface area contributed by atoms with Gasteiger partial charge in [0.1, 0.15) is 19.0 Å². The molecule has 0 bridgehead atoms. The molecule has 1 aromatic heterocycles. The number of ether oxygens (including phenoxy) is 2. The number of benzene rings is 2. The van der Waals surface area contributed by atoms with Crippen LogP contribution in [-0.2, 0) is 21.4 Å². The van der Waals surface area contributed by atoms with Gasteiger partial charge in [0, 0.05) is 11.8 Å². The van der Waals surface area contributed by atoms with E-state index in [-0.39, 0.29) is 17.3 Å². The maximum absolute atomic E-state index is 12.4. The molecule has 0 radical (unpaired) electrons. The highest BCUT2D eigenvalue weighted by molar-refractivity contribution is 7.89. The number of amides is 1. The first-order valence-electron chi connectivity index (χ1n) is 9.50. The van der Waals surface area contributed by atoms with Crippen LogP contribution in [0, 0.1) is 0 Å². The maximum atomic E-state index is 12.4. The van der Waals surface area contributed by atoms with Gasteiger partial charge in [0.25, 0.3) is 0 Å². The Morgan fingerprint density at radius 3 is 2.52 bits per heavy atom. The molecule has 0 spiro atoms. The number of nitrogens with one attached hydrogen (secondary N) is 2. The van der Waals surface area contributed by atoms with Gasteiger partial charge >= 0.3 is 0 Å². The van der Waals surface area contributed by atoms with Gasteiger partial charge in [-0.15, -0.1) is 0 Å². The lowest BCUT2D eigenvalue weighted by molar-refractivity contribution is -0.111. The Labute approximate surface area is 179 Å². The average molecular weight is 440 g/mol. The van der Waals surface area contributed by atoms with Crippen molar-refractivity contribution in [2.24, 2.45) is 0 Å². The van der Waals surface area contributed by atoms with Crippen LogP contribution in [0.3, 0.4) is 0 Å². The highest BCUT2D eigenvalue weighted by Crippen LogP contribution is 2.31. The molecule has 0 atom stereocenters. The molecule has 8 nitrogen and oxygen atoms in total. The van der Waals surface area contributed by atoms with Crippen molar-refractivity contribution in [1.82, 2.24) is 4.72 Å².